The van der Waals surface area contributed by atoms with Crippen molar-refractivity contribution >= 4 is 23.5 Å². The summed E-state index contributed by atoms with van der Waals surface area (Å²) in [6.45, 7) is 5.91. The van der Waals surface area contributed by atoms with E-state index in [2.05, 4.69) is 4.99 Å². The van der Waals surface area contributed by atoms with Crippen molar-refractivity contribution < 1.29 is 24.1 Å². The first-order valence-corrected chi connectivity index (χ1v) is 10.9. The number of methoxy groups -OCH3 is 2. The summed E-state index contributed by atoms with van der Waals surface area (Å²) in [6.07, 6.45) is 0. The number of benzene rings is 2. The summed E-state index contributed by atoms with van der Waals surface area (Å²) in [5, 5.41) is 12.7. The molecule has 6 nitrogen and oxygen atoms in total. The maximum Gasteiger partial charge on any atom is 0.310 e. The summed E-state index contributed by atoms with van der Waals surface area (Å²) in [5.74, 6) is -0.516. The van der Waals surface area contributed by atoms with Gasteiger partial charge in [0.05, 0.1) is 31.1 Å². The van der Waals surface area contributed by atoms with E-state index >= 15 is 0 Å². The summed E-state index contributed by atoms with van der Waals surface area (Å²) in [6, 6.07) is 14.7. The molecule has 1 aliphatic carbocycles. The number of halogens is 1. The molecule has 4 atom stereocenters. The van der Waals surface area contributed by atoms with Crippen LogP contribution in [0.2, 0.25) is 5.02 Å². The van der Waals surface area contributed by atoms with E-state index in [0.717, 1.165) is 11.1 Å². The highest BCUT2D eigenvalue weighted by molar-refractivity contribution is 6.30. The minimum atomic E-state index is -1.58. The number of rotatable bonds is 6. The lowest BCUT2D eigenvalue weighted by molar-refractivity contribution is -0.143. The first kappa shape index (κ1) is 22.6. The van der Waals surface area contributed by atoms with Crippen molar-refractivity contribution in [3.8, 4) is 5.75 Å². The van der Waals surface area contributed by atoms with Gasteiger partial charge in [0.25, 0.3) is 0 Å². The minimum absolute atomic E-state index is 0.226. The molecule has 2 aromatic carbocycles. The molecule has 0 bridgehead atoms. The van der Waals surface area contributed by atoms with Crippen LogP contribution < -0.4 is 4.74 Å². The maximum atomic E-state index is 13.1. The van der Waals surface area contributed by atoms with E-state index in [1.807, 2.05) is 50.2 Å². The van der Waals surface area contributed by atoms with Crippen LogP contribution in [0.4, 0.5) is 0 Å². The van der Waals surface area contributed by atoms with E-state index in [1.54, 1.807) is 26.2 Å². The Morgan fingerprint density at radius 3 is 2.28 bits per heavy atom. The molecule has 1 heterocycles. The van der Waals surface area contributed by atoms with E-state index in [-0.39, 0.29) is 11.8 Å². The number of aliphatic imine (C=N–C) groups is 1. The Morgan fingerprint density at radius 2 is 1.78 bits per heavy atom. The van der Waals surface area contributed by atoms with Crippen LogP contribution in [-0.4, -0.2) is 48.9 Å². The van der Waals surface area contributed by atoms with Crippen LogP contribution in [0.5, 0.6) is 5.75 Å². The molecule has 2 aliphatic rings. The molecular formula is C25H28ClNO5. The van der Waals surface area contributed by atoms with E-state index in [9.17, 15) is 9.90 Å². The SMILES string of the molecule is COC(=O)[C@H]1[C@H](c2ccc(Cl)cc2)[C@]1(c1ccc(OC)cc1)[C@@](C)(O)C1=NC(C)(C)CO1. The lowest BCUT2D eigenvalue weighted by atomic mass is 9.75. The Kier molecular flexibility index (Phi) is 5.50. The van der Waals surface area contributed by atoms with Gasteiger partial charge in [0.15, 0.2) is 0 Å². The van der Waals surface area contributed by atoms with Gasteiger partial charge in [-0.3, -0.25) is 4.79 Å². The van der Waals surface area contributed by atoms with Gasteiger partial charge in [0, 0.05) is 10.9 Å². The average molecular weight is 458 g/mol. The molecule has 32 heavy (non-hydrogen) atoms. The van der Waals surface area contributed by atoms with Crippen LogP contribution in [0.15, 0.2) is 53.5 Å². The third-order valence-corrected chi connectivity index (χ3v) is 6.90. The second-order valence-electron chi connectivity index (χ2n) is 9.22. The molecule has 0 spiro atoms. The molecule has 2 aromatic rings. The quantitative estimate of drug-likeness (QED) is 0.660. The molecule has 170 valence electrons. The Labute approximate surface area is 193 Å². The zero-order valence-electron chi connectivity index (χ0n) is 18.9. The van der Waals surface area contributed by atoms with E-state index in [4.69, 9.17) is 25.8 Å². The predicted molar refractivity (Wildman–Crippen MR) is 122 cm³/mol. The smallest absolute Gasteiger partial charge is 0.310 e. The Balaban J connectivity index is 1.94. The molecule has 1 fully saturated rings. The molecule has 4 rings (SSSR count). The fraction of sp³-hybridized carbons (Fsp3) is 0.440. The highest BCUT2D eigenvalue weighted by Gasteiger charge is 2.79. The summed E-state index contributed by atoms with van der Waals surface area (Å²) >= 11 is 6.12. The lowest BCUT2D eigenvalue weighted by Crippen LogP contribution is -2.50. The summed E-state index contributed by atoms with van der Waals surface area (Å²) in [5.41, 5.74) is -1.46. The number of carbonyl (C=O) groups excluding carboxylic acids is 1. The number of aliphatic hydroxyl groups is 1. The summed E-state index contributed by atoms with van der Waals surface area (Å²) in [4.78, 5) is 17.7. The Bertz CT molecular complexity index is 1050. The topological polar surface area (TPSA) is 77.4 Å². The lowest BCUT2D eigenvalue weighted by Gasteiger charge is -2.35. The van der Waals surface area contributed by atoms with Gasteiger partial charge in [-0.1, -0.05) is 35.9 Å². The zero-order chi connectivity index (χ0) is 23.3. The Hall–Kier alpha value is -2.57. The number of carbonyl (C=O) groups is 1. The monoisotopic (exact) mass is 457 g/mol. The number of hydrogen-bond acceptors (Lipinski definition) is 6. The van der Waals surface area contributed by atoms with Crippen LogP contribution >= 0.6 is 11.6 Å². The molecule has 7 heteroatoms. The van der Waals surface area contributed by atoms with Gasteiger partial charge in [0.1, 0.15) is 18.0 Å². The molecule has 0 radical (unpaired) electrons. The fourth-order valence-electron chi connectivity index (χ4n) is 5.09. The van der Waals surface area contributed by atoms with Gasteiger partial charge in [-0.05, 0) is 56.2 Å². The highest BCUT2D eigenvalue weighted by Crippen LogP contribution is 2.71. The van der Waals surface area contributed by atoms with Crippen LogP contribution in [0.1, 0.15) is 37.8 Å². The van der Waals surface area contributed by atoms with Crippen LogP contribution in [0.3, 0.4) is 0 Å². The van der Waals surface area contributed by atoms with Crippen molar-refractivity contribution in [2.45, 2.75) is 43.2 Å². The van der Waals surface area contributed by atoms with Crippen molar-refractivity contribution in [3.05, 3.63) is 64.7 Å². The molecular weight excluding hydrogens is 430 g/mol. The van der Waals surface area contributed by atoms with E-state index in [1.165, 1.54) is 7.11 Å². The standard InChI is InChI=1S/C25H28ClNO5/c1-23(2)14-32-22(27-23)24(3,29)25(16-8-12-18(30-4)13-9-16)19(20(25)21(28)31-5)15-6-10-17(26)11-7-15/h6-13,19-20,29H,14H2,1-5H3/t19-,20+,24-,25-/m0/s1. The zero-order valence-corrected chi connectivity index (χ0v) is 19.6. The molecule has 1 aliphatic heterocycles. The molecule has 0 aromatic heterocycles. The molecule has 0 amide bonds. The number of nitrogens with zero attached hydrogens (tertiary/aromatic N) is 1. The van der Waals surface area contributed by atoms with Gasteiger partial charge in [-0.15, -0.1) is 0 Å². The van der Waals surface area contributed by atoms with Crippen molar-refractivity contribution in [3.63, 3.8) is 0 Å². The first-order chi connectivity index (χ1) is 15.1. The fourth-order valence-corrected chi connectivity index (χ4v) is 5.21. The van der Waals surface area contributed by atoms with Crippen molar-refractivity contribution in [2.24, 2.45) is 10.9 Å². The Morgan fingerprint density at radius 1 is 1.16 bits per heavy atom. The molecule has 0 saturated heterocycles. The van der Waals surface area contributed by atoms with E-state index < -0.39 is 28.4 Å². The average Bonchev–Trinajstić information content (AvgIpc) is 3.35. The van der Waals surface area contributed by atoms with Gasteiger partial charge in [-0.25, -0.2) is 4.99 Å². The van der Waals surface area contributed by atoms with Crippen LogP contribution in [0.25, 0.3) is 0 Å². The number of ether oxygens (including phenoxy) is 3. The number of esters is 1. The second-order valence-corrected chi connectivity index (χ2v) is 9.65. The molecule has 1 saturated carbocycles. The summed E-state index contributed by atoms with van der Waals surface area (Å²) < 4.78 is 16.4. The summed E-state index contributed by atoms with van der Waals surface area (Å²) in [7, 11) is 2.95. The largest absolute Gasteiger partial charge is 0.497 e. The van der Waals surface area contributed by atoms with Crippen molar-refractivity contribution in [1.82, 2.24) is 0 Å². The second kappa shape index (κ2) is 7.78. The first-order valence-electron chi connectivity index (χ1n) is 10.5. The van der Waals surface area contributed by atoms with Crippen molar-refractivity contribution in [2.75, 3.05) is 20.8 Å². The van der Waals surface area contributed by atoms with Crippen molar-refractivity contribution in [1.29, 1.82) is 0 Å². The minimum Gasteiger partial charge on any atom is -0.497 e. The van der Waals surface area contributed by atoms with Crippen LogP contribution in [0, 0.1) is 5.92 Å². The maximum absolute atomic E-state index is 13.1. The predicted octanol–water partition coefficient (Wildman–Crippen LogP) is 4.13. The number of hydrogen-bond donors (Lipinski definition) is 1. The van der Waals surface area contributed by atoms with Gasteiger partial charge >= 0.3 is 5.97 Å². The van der Waals surface area contributed by atoms with Crippen LogP contribution in [-0.2, 0) is 19.7 Å². The van der Waals surface area contributed by atoms with Gasteiger partial charge < -0.3 is 19.3 Å². The molecule has 0 unspecified atom stereocenters. The third kappa shape index (κ3) is 3.37. The van der Waals surface area contributed by atoms with Gasteiger partial charge in [-0.2, -0.15) is 0 Å². The van der Waals surface area contributed by atoms with E-state index in [0.29, 0.717) is 17.4 Å². The molecule has 1 N–H and O–H groups in total. The third-order valence-electron chi connectivity index (χ3n) is 6.65. The highest BCUT2D eigenvalue weighted by atomic mass is 35.5. The normalized spacial score (nSPS) is 27.7. The van der Waals surface area contributed by atoms with Gasteiger partial charge in [0.2, 0.25) is 5.90 Å².